The van der Waals surface area contributed by atoms with E-state index in [0.717, 1.165) is 45.8 Å². The Labute approximate surface area is 153 Å². The molecule has 0 bridgehead atoms. The number of aryl methyl sites for hydroxylation is 1. The maximum atomic E-state index is 13.0. The fourth-order valence-electron chi connectivity index (χ4n) is 4.16. The summed E-state index contributed by atoms with van der Waals surface area (Å²) in [4.78, 5) is 17.7. The molecule has 1 aromatic heterocycles. The number of nitrogens with zero attached hydrogens (tertiary/aromatic N) is 2. The number of ketones is 1. The molecular formula is C22H21N3O. The summed E-state index contributed by atoms with van der Waals surface area (Å²) >= 11 is 0. The van der Waals surface area contributed by atoms with E-state index in [1.165, 1.54) is 0 Å². The van der Waals surface area contributed by atoms with Crippen molar-refractivity contribution in [1.82, 2.24) is 4.98 Å². The fourth-order valence-corrected chi connectivity index (χ4v) is 4.16. The number of fused-ring (bicyclic) bond motifs is 2. The zero-order valence-corrected chi connectivity index (χ0v) is 15.3. The number of nitriles is 1. The van der Waals surface area contributed by atoms with E-state index >= 15 is 0 Å². The van der Waals surface area contributed by atoms with Crippen LogP contribution in [-0.4, -0.2) is 16.8 Å². The topological polar surface area (TPSA) is 65.8 Å². The average Bonchev–Trinajstić information content (AvgIpc) is 2.62. The van der Waals surface area contributed by atoms with Crippen molar-refractivity contribution in [1.29, 1.82) is 5.26 Å². The molecule has 1 saturated carbocycles. The number of pyridine rings is 1. The van der Waals surface area contributed by atoms with Crippen molar-refractivity contribution in [3.63, 3.8) is 0 Å². The minimum atomic E-state index is -0.0462. The summed E-state index contributed by atoms with van der Waals surface area (Å²) in [7, 11) is 0. The number of carbonyl (C=O) groups excluding carboxylic acids is 1. The Kier molecular flexibility index (Phi) is 3.88. The van der Waals surface area contributed by atoms with Gasteiger partial charge in [0, 0.05) is 28.8 Å². The van der Waals surface area contributed by atoms with E-state index in [2.05, 4.69) is 18.3 Å². The molecule has 2 aliphatic rings. The Morgan fingerprint density at radius 1 is 1.23 bits per heavy atom. The second-order valence-corrected chi connectivity index (χ2v) is 7.35. The number of benzene rings is 1. The minimum Gasteiger partial charge on any atom is -0.363 e. The second-order valence-electron chi connectivity index (χ2n) is 7.35. The van der Waals surface area contributed by atoms with Crippen LogP contribution in [0.15, 0.2) is 35.9 Å². The number of anilines is 1. The summed E-state index contributed by atoms with van der Waals surface area (Å²) in [6.45, 7) is 5.96. The van der Waals surface area contributed by atoms with Gasteiger partial charge in [-0.15, -0.1) is 0 Å². The zero-order chi connectivity index (χ0) is 18.4. The van der Waals surface area contributed by atoms with Crippen molar-refractivity contribution < 1.29 is 4.79 Å². The summed E-state index contributed by atoms with van der Waals surface area (Å²) < 4.78 is 0. The molecule has 2 unspecified atom stereocenters. The third-order valence-electron chi connectivity index (χ3n) is 5.51. The molecule has 1 N–H and O–H groups in total. The van der Waals surface area contributed by atoms with Gasteiger partial charge in [0.2, 0.25) is 0 Å². The average molecular weight is 343 g/mol. The van der Waals surface area contributed by atoms with Crippen LogP contribution in [-0.2, 0) is 4.79 Å². The van der Waals surface area contributed by atoms with Crippen LogP contribution in [0.1, 0.15) is 47.7 Å². The van der Waals surface area contributed by atoms with Crippen molar-refractivity contribution in [3.05, 3.63) is 63.9 Å². The number of hydrogen-bond donors (Lipinski definition) is 1. The van der Waals surface area contributed by atoms with E-state index in [0.29, 0.717) is 17.9 Å². The molecule has 2 aromatic rings. The number of carbonyl (C=O) groups is 1. The van der Waals surface area contributed by atoms with Gasteiger partial charge in [0.25, 0.3) is 0 Å². The van der Waals surface area contributed by atoms with Crippen LogP contribution in [0.2, 0.25) is 0 Å². The summed E-state index contributed by atoms with van der Waals surface area (Å²) in [5.74, 6) is 1.23. The third kappa shape index (κ3) is 2.43. The number of rotatable bonds is 1. The number of hydrogen-bond acceptors (Lipinski definition) is 4. The van der Waals surface area contributed by atoms with Crippen LogP contribution in [0.4, 0.5) is 5.82 Å². The van der Waals surface area contributed by atoms with Gasteiger partial charge < -0.3 is 5.32 Å². The van der Waals surface area contributed by atoms with Gasteiger partial charge in [0.1, 0.15) is 11.9 Å². The lowest BCUT2D eigenvalue weighted by Gasteiger charge is -2.37. The molecule has 4 heteroatoms. The first-order valence-electron chi connectivity index (χ1n) is 9.02. The molecule has 4 nitrogen and oxygen atoms in total. The van der Waals surface area contributed by atoms with Gasteiger partial charge in [-0.2, -0.15) is 5.26 Å². The van der Waals surface area contributed by atoms with Gasteiger partial charge in [0.05, 0.1) is 11.6 Å². The zero-order valence-electron chi connectivity index (χ0n) is 15.3. The molecule has 4 rings (SSSR count). The highest BCUT2D eigenvalue weighted by Gasteiger charge is 2.38. The minimum absolute atomic E-state index is 0.0462. The molecule has 26 heavy (non-hydrogen) atoms. The largest absolute Gasteiger partial charge is 0.363 e. The van der Waals surface area contributed by atoms with Gasteiger partial charge in [-0.05, 0) is 37.3 Å². The first-order valence-corrected chi connectivity index (χ1v) is 9.02. The number of Topliss-reactive ketones (excluding diaryl/α,β-unsaturated/α-hetero) is 1. The number of aromatic nitrogens is 1. The standard InChI is InChI=1S/C22H21N3O/c1-12-9-17-21(18(26)10-12)19(15-7-5-4-6-8-15)20-16(11-23)13(2)14(3)24-22(20)25-17/h4-8,12,17H,9-10H2,1-3H3,(H,24,25). The lowest BCUT2D eigenvalue weighted by Crippen LogP contribution is -2.38. The van der Waals surface area contributed by atoms with E-state index in [9.17, 15) is 10.1 Å². The highest BCUT2D eigenvalue weighted by molar-refractivity contribution is 6.11. The summed E-state index contributed by atoms with van der Waals surface area (Å²) in [5, 5.41) is 13.3. The fraction of sp³-hybridized carbons (Fsp3) is 0.318. The molecule has 0 saturated heterocycles. The van der Waals surface area contributed by atoms with Gasteiger partial charge in [-0.25, -0.2) is 4.98 Å². The third-order valence-corrected chi connectivity index (χ3v) is 5.51. The Hall–Kier alpha value is -2.93. The summed E-state index contributed by atoms with van der Waals surface area (Å²) in [6.07, 6.45) is 1.45. The Balaban J connectivity index is 2.09. The highest BCUT2D eigenvalue weighted by atomic mass is 16.1. The van der Waals surface area contributed by atoms with Gasteiger partial charge in [-0.1, -0.05) is 37.3 Å². The summed E-state index contributed by atoms with van der Waals surface area (Å²) in [5.41, 5.74) is 5.76. The quantitative estimate of drug-likeness (QED) is 0.844. The first-order chi connectivity index (χ1) is 12.5. The molecule has 2 atom stereocenters. The van der Waals surface area contributed by atoms with E-state index in [1.54, 1.807) is 0 Å². The van der Waals surface area contributed by atoms with Crippen molar-refractivity contribution in [2.24, 2.45) is 5.92 Å². The molecule has 0 amide bonds. The Morgan fingerprint density at radius 2 is 1.96 bits per heavy atom. The molecule has 1 aromatic carbocycles. The molecule has 1 fully saturated rings. The number of nitrogens with one attached hydrogen (secondary N) is 1. The van der Waals surface area contributed by atoms with Crippen LogP contribution in [0.3, 0.4) is 0 Å². The Bertz CT molecular complexity index is 983. The van der Waals surface area contributed by atoms with Crippen LogP contribution in [0.25, 0.3) is 5.57 Å². The maximum absolute atomic E-state index is 13.0. The van der Waals surface area contributed by atoms with Crippen LogP contribution in [0, 0.1) is 31.1 Å². The van der Waals surface area contributed by atoms with Gasteiger partial charge in [-0.3, -0.25) is 4.79 Å². The molecule has 2 heterocycles. The lowest BCUT2D eigenvalue weighted by atomic mass is 9.74. The first kappa shape index (κ1) is 16.5. The molecule has 0 radical (unpaired) electrons. The van der Waals surface area contributed by atoms with Crippen LogP contribution >= 0.6 is 0 Å². The summed E-state index contributed by atoms with van der Waals surface area (Å²) in [6, 6.07) is 12.2. The Morgan fingerprint density at radius 3 is 2.65 bits per heavy atom. The van der Waals surface area contributed by atoms with Crippen molar-refractivity contribution in [2.45, 2.75) is 39.7 Å². The molecule has 130 valence electrons. The van der Waals surface area contributed by atoms with Crippen LogP contribution in [0.5, 0.6) is 0 Å². The SMILES string of the molecule is Cc1nc2c(c(C#N)c1C)C(c1ccccc1)=C1C(=O)CC(C)CC1N2. The van der Waals surface area contributed by atoms with E-state index in [1.807, 2.05) is 44.2 Å². The smallest absolute Gasteiger partial charge is 0.161 e. The molecular weight excluding hydrogens is 322 g/mol. The predicted molar refractivity (Wildman–Crippen MR) is 102 cm³/mol. The van der Waals surface area contributed by atoms with Gasteiger partial charge in [0.15, 0.2) is 5.78 Å². The monoisotopic (exact) mass is 343 g/mol. The van der Waals surface area contributed by atoms with E-state index < -0.39 is 0 Å². The lowest BCUT2D eigenvalue weighted by molar-refractivity contribution is -0.117. The predicted octanol–water partition coefficient (Wildman–Crippen LogP) is 4.17. The molecule has 0 spiro atoms. The van der Waals surface area contributed by atoms with Crippen LogP contribution < -0.4 is 5.32 Å². The van der Waals surface area contributed by atoms with E-state index in [4.69, 9.17) is 4.98 Å². The second kappa shape index (κ2) is 6.10. The van der Waals surface area contributed by atoms with Crippen molar-refractivity contribution in [3.8, 4) is 6.07 Å². The van der Waals surface area contributed by atoms with E-state index in [-0.39, 0.29) is 11.8 Å². The maximum Gasteiger partial charge on any atom is 0.161 e. The van der Waals surface area contributed by atoms with Gasteiger partial charge >= 0.3 is 0 Å². The normalized spacial score (nSPS) is 21.5. The molecule has 1 aliphatic carbocycles. The molecule has 1 aliphatic heterocycles. The van der Waals surface area contributed by atoms with Crippen molar-refractivity contribution in [2.75, 3.05) is 5.32 Å². The highest BCUT2D eigenvalue weighted by Crippen LogP contribution is 2.44. The van der Waals surface area contributed by atoms with Crippen molar-refractivity contribution >= 4 is 17.2 Å².